The minimum atomic E-state index is -0.497. The number of halogens is 2. The van der Waals surface area contributed by atoms with Crippen LogP contribution in [-0.4, -0.2) is 18.2 Å². The van der Waals surface area contributed by atoms with Crippen molar-refractivity contribution in [2.24, 2.45) is 0 Å². The van der Waals surface area contributed by atoms with Crippen LogP contribution < -0.4 is 10.6 Å². The van der Waals surface area contributed by atoms with Gasteiger partial charge < -0.3 is 15.4 Å². The van der Waals surface area contributed by atoms with Crippen LogP contribution in [-0.2, 0) is 17.6 Å². The van der Waals surface area contributed by atoms with Gasteiger partial charge in [-0.05, 0) is 55.2 Å². The van der Waals surface area contributed by atoms with E-state index in [2.05, 4.69) is 10.6 Å². The van der Waals surface area contributed by atoms with Gasteiger partial charge in [-0.2, -0.15) is 0 Å². The second-order valence-electron chi connectivity index (χ2n) is 5.26. The third kappa shape index (κ3) is 3.38. The van der Waals surface area contributed by atoms with Crippen molar-refractivity contribution in [3.63, 3.8) is 0 Å². The number of ether oxygens (including phenoxy) is 1. The van der Waals surface area contributed by atoms with E-state index in [0.29, 0.717) is 21.4 Å². The number of aryl methyl sites for hydroxylation is 1. The largest absolute Gasteiger partial charge is 0.465 e. The fourth-order valence-corrected chi connectivity index (χ4v) is 4.40. The van der Waals surface area contributed by atoms with Crippen molar-refractivity contribution in [2.75, 3.05) is 17.7 Å². The number of anilines is 2. The smallest absolute Gasteiger partial charge is 0.341 e. The fourth-order valence-electron chi connectivity index (χ4n) is 2.65. The number of benzene rings is 1. The molecule has 0 saturated heterocycles. The lowest BCUT2D eigenvalue weighted by atomic mass is 10.1. The van der Waals surface area contributed by atoms with E-state index in [1.807, 2.05) is 0 Å². The number of thiocarbonyl (C=S) groups is 1. The van der Waals surface area contributed by atoms with Crippen molar-refractivity contribution in [2.45, 2.75) is 19.3 Å². The van der Waals surface area contributed by atoms with E-state index in [1.54, 1.807) is 0 Å². The number of thiophene rings is 1. The summed E-state index contributed by atoms with van der Waals surface area (Å²) >= 11 is 12.5. The molecule has 0 radical (unpaired) electrons. The van der Waals surface area contributed by atoms with Crippen molar-refractivity contribution in [3.8, 4) is 0 Å². The summed E-state index contributed by atoms with van der Waals surface area (Å²) < 4.78 is 18.1. The molecule has 1 aliphatic rings. The summed E-state index contributed by atoms with van der Waals surface area (Å²) in [6, 6.07) is 4.23. The molecule has 8 heteroatoms. The summed E-state index contributed by atoms with van der Waals surface area (Å²) in [5.41, 5.74) is 2.15. The molecule has 0 aliphatic heterocycles. The van der Waals surface area contributed by atoms with Crippen molar-refractivity contribution < 1.29 is 13.9 Å². The topological polar surface area (TPSA) is 50.4 Å². The van der Waals surface area contributed by atoms with Gasteiger partial charge in [0.1, 0.15) is 10.8 Å². The molecule has 3 rings (SSSR count). The molecule has 0 bridgehead atoms. The predicted octanol–water partition coefficient (Wildman–Crippen LogP) is 4.62. The molecule has 4 nitrogen and oxygen atoms in total. The first-order valence-electron chi connectivity index (χ1n) is 7.25. The lowest BCUT2D eigenvalue weighted by Gasteiger charge is -2.11. The molecule has 2 aromatic rings. The molecule has 0 unspecified atom stereocenters. The second kappa shape index (κ2) is 7.04. The van der Waals surface area contributed by atoms with E-state index in [9.17, 15) is 9.18 Å². The zero-order chi connectivity index (χ0) is 17.3. The first kappa shape index (κ1) is 17.1. The Morgan fingerprint density at radius 1 is 1.38 bits per heavy atom. The maximum Gasteiger partial charge on any atom is 0.341 e. The molecule has 0 amide bonds. The van der Waals surface area contributed by atoms with E-state index >= 15 is 0 Å². The Hall–Kier alpha value is -1.70. The molecule has 1 heterocycles. The van der Waals surface area contributed by atoms with E-state index < -0.39 is 5.82 Å². The average Bonchev–Trinajstić information content (AvgIpc) is 3.10. The molecule has 0 atom stereocenters. The van der Waals surface area contributed by atoms with Crippen LogP contribution in [0.2, 0.25) is 5.02 Å². The van der Waals surface area contributed by atoms with Gasteiger partial charge in [-0.15, -0.1) is 11.3 Å². The second-order valence-corrected chi connectivity index (χ2v) is 7.18. The van der Waals surface area contributed by atoms with Crippen LogP contribution in [0.5, 0.6) is 0 Å². The lowest BCUT2D eigenvalue weighted by Crippen LogP contribution is -2.20. The summed E-state index contributed by atoms with van der Waals surface area (Å²) in [7, 11) is 1.36. The lowest BCUT2D eigenvalue weighted by molar-refractivity contribution is 0.0601. The van der Waals surface area contributed by atoms with Crippen LogP contribution in [0.15, 0.2) is 18.2 Å². The molecule has 0 spiro atoms. The van der Waals surface area contributed by atoms with Crippen LogP contribution in [0.4, 0.5) is 15.1 Å². The first-order chi connectivity index (χ1) is 11.5. The highest BCUT2D eigenvalue weighted by Gasteiger charge is 2.27. The van der Waals surface area contributed by atoms with Gasteiger partial charge in [-0.25, -0.2) is 9.18 Å². The predicted molar refractivity (Wildman–Crippen MR) is 98.9 cm³/mol. The number of nitrogens with one attached hydrogen (secondary N) is 2. The minimum absolute atomic E-state index is 0.00755. The number of esters is 1. The highest BCUT2D eigenvalue weighted by Crippen LogP contribution is 2.39. The number of methoxy groups -OCH3 is 1. The molecule has 126 valence electrons. The Labute approximate surface area is 153 Å². The van der Waals surface area contributed by atoms with Crippen LogP contribution in [0.1, 0.15) is 27.2 Å². The van der Waals surface area contributed by atoms with Crippen molar-refractivity contribution in [1.29, 1.82) is 0 Å². The van der Waals surface area contributed by atoms with Gasteiger partial charge in [0.25, 0.3) is 0 Å². The Kier molecular flexibility index (Phi) is 5.03. The normalized spacial score (nSPS) is 12.6. The maximum atomic E-state index is 13.2. The Morgan fingerprint density at radius 3 is 2.88 bits per heavy atom. The van der Waals surface area contributed by atoms with Gasteiger partial charge in [0.2, 0.25) is 0 Å². The first-order valence-corrected chi connectivity index (χ1v) is 8.85. The summed E-state index contributed by atoms with van der Waals surface area (Å²) in [5, 5.41) is 6.94. The summed E-state index contributed by atoms with van der Waals surface area (Å²) in [4.78, 5) is 13.3. The number of carbonyl (C=O) groups excluding carboxylic acids is 1. The molecule has 0 saturated carbocycles. The highest BCUT2D eigenvalue weighted by atomic mass is 35.5. The number of hydrogen-bond acceptors (Lipinski definition) is 4. The number of carbonyl (C=O) groups is 1. The molecule has 1 aromatic heterocycles. The molecule has 1 aliphatic carbocycles. The average molecular weight is 385 g/mol. The van der Waals surface area contributed by atoms with Crippen LogP contribution >= 0.6 is 35.2 Å². The van der Waals surface area contributed by atoms with Crippen LogP contribution in [0, 0.1) is 5.82 Å². The van der Waals surface area contributed by atoms with E-state index in [-0.39, 0.29) is 11.0 Å². The van der Waals surface area contributed by atoms with E-state index in [0.717, 1.165) is 24.8 Å². The van der Waals surface area contributed by atoms with Gasteiger partial charge in [0.15, 0.2) is 5.11 Å². The van der Waals surface area contributed by atoms with Crippen molar-refractivity contribution in [3.05, 3.63) is 45.0 Å². The van der Waals surface area contributed by atoms with Gasteiger partial charge in [0.05, 0.1) is 17.7 Å². The third-order valence-electron chi connectivity index (χ3n) is 3.72. The highest BCUT2D eigenvalue weighted by molar-refractivity contribution is 7.80. The van der Waals surface area contributed by atoms with Gasteiger partial charge in [-0.1, -0.05) is 11.6 Å². The third-order valence-corrected chi connectivity index (χ3v) is 5.42. The standard InChI is InChI=1S/C16H14ClFN2O2S2/c1-22-15(21)13-9-3-2-4-12(9)24-14(13)20-16(23)19-8-5-6-11(18)10(17)7-8/h5-7H,2-4H2,1H3,(H2,19,20,23). The Balaban J connectivity index is 1.79. The molecular formula is C16H14ClFN2O2S2. The SMILES string of the molecule is COC(=O)c1c(NC(=S)Nc2ccc(F)c(Cl)c2)sc2c1CCC2. The number of rotatable bonds is 3. The van der Waals surface area contributed by atoms with Crippen molar-refractivity contribution in [1.82, 2.24) is 0 Å². The molecule has 0 fully saturated rings. The summed E-state index contributed by atoms with van der Waals surface area (Å²) in [6.45, 7) is 0. The zero-order valence-corrected chi connectivity index (χ0v) is 15.1. The molecule has 24 heavy (non-hydrogen) atoms. The quantitative estimate of drug-likeness (QED) is 0.597. The van der Waals surface area contributed by atoms with Gasteiger partial charge in [0, 0.05) is 10.6 Å². The van der Waals surface area contributed by atoms with Crippen LogP contribution in [0.3, 0.4) is 0 Å². The Morgan fingerprint density at radius 2 is 2.17 bits per heavy atom. The van der Waals surface area contributed by atoms with Gasteiger partial charge in [-0.3, -0.25) is 0 Å². The van der Waals surface area contributed by atoms with Crippen molar-refractivity contribution >= 4 is 56.9 Å². The van der Waals surface area contributed by atoms with E-state index in [1.165, 1.54) is 41.5 Å². The molecule has 2 N–H and O–H groups in total. The fraction of sp³-hybridized carbons (Fsp3) is 0.250. The molecule has 1 aromatic carbocycles. The Bertz CT molecular complexity index is 823. The summed E-state index contributed by atoms with van der Waals surface area (Å²) in [6.07, 6.45) is 2.87. The molecular weight excluding hydrogens is 371 g/mol. The van der Waals surface area contributed by atoms with Gasteiger partial charge >= 0.3 is 5.97 Å². The summed E-state index contributed by atoms with van der Waals surface area (Å²) in [5.74, 6) is -0.867. The minimum Gasteiger partial charge on any atom is -0.465 e. The zero-order valence-electron chi connectivity index (χ0n) is 12.7. The van der Waals surface area contributed by atoms with E-state index in [4.69, 9.17) is 28.6 Å². The maximum absolute atomic E-state index is 13.2. The number of hydrogen-bond donors (Lipinski definition) is 2. The monoisotopic (exact) mass is 384 g/mol. The number of fused-ring (bicyclic) bond motifs is 1. The van der Waals surface area contributed by atoms with Crippen LogP contribution in [0.25, 0.3) is 0 Å².